The molecule has 13 heteroatoms. The summed E-state index contributed by atoms with van der Waals surface area (Å²) in [5, 5.41) is 25.7. The number of ether oxygens (including phenoxy) is 4. The third-order valence-electron chi connectivity index (χ3n) is 5.92. The molecule has 206 valence electrons. The van der Waals surface area contributed by atoms with Crippen LogP contribution in [0.3, 0.4) is 0 Å². The van der Waals surface area contributed by atoms with E-state index in [0.29, 0.717) is 12.0 Å². The standard InChI is InChI=1S/C25H30N2O11/c1-7-11-34-27-25(31)38-22-19(29)24(35-15(8-2)21(22)32-5)36-16-10-9-14-18(28)17(13(4)26-33-6)23(30)37-20(14)12(16)3/h1,9-10,15,19,21-22,24,28-29H,8,11H2,2-6H3,(H,27,31)/b26-13+/t15-,19+,21-,22-,24?/m0/s1. The Morgan fingerprint density at radius 1 is 1.29 bits per heavy atom. The average molecular weight is 535 g/mol. The molecule has 3 N–H and O–H groups in total. The smallest absolute Gasteiger partial charge is 0.431 e. The van der Waals surface area contributed by atoms with Gasteiger partial charge in [0, 0.05) is 12.7 Å². The quantitative estimate of drug-likeness (QED) is 0.141. The zero-order valence-electron chi connectivity index (χ0n) is 21.5. The molecule has 1 aliphatic heterocycles. The van der Waals surface area contributed by atoms with Gasteiger partial charge < -0.3 is 38.4 Å². The van der Waals surface area contributed by atoms with Crippen LogP contribution in [-0.4, -0.2) is 73.6 Å². The molecule has 1 unspecified atom stereocenters. The number of methoxy groups -OCH3 is 1. The number of hydrogen-bond acceptors (Lipinski definition) is 12. The number of aliphatic hydroxyl groups is 1. The van der Waals surface area contributed by atoms with Crippen LogP contribution in [0.25, 0.3) is 11.0 Å². The van der Waals surface area contributed by atoms with Gasteiger partial charge in [0.25, 0.3) is 0 Å². The zero-order chi connectivity index (χ0) is 28.0. The predicted octanol–water partition coefficient (Wildman–Crippen LogP) is 1.73. The third kappa shape index (κ3) is 5.84. The second-order valence-corrected chi connectivity index (χ2v) is 8.26. The Balaban J connectivity index is 1.93. The van der Waals surface area contributed by atoms with Gasteiger partial charge in [0.05, 0.1) is 17.2 Å². The van der Waals surface area contributed by atoms with Crippen molar-refractivity contribution in [3.63, 3.8) is 0 Å². The van der Waals surface area contributed by atoms with Gasteiger partial charge >= 0.3 is 11.7 Å². The van der Waals surface area contributed by atoms with E-state index in [1.54, 1.807) is 6.92 Å². The number of fused-ring (bicyclic) bond motifs is 1. The molecule has 1 aromatic heterocycles. The highest BCUT2D eigenvalue weighted by atomic mass is 16.7. The van der Waals surface area contributed by atoms with Gasteiger partial charge in [-0.05, 0) is 32.4 Å². The van der Waals surface area contributed by atoms with Gasteiger partial charge in [0.1, 0.15) is 42.5 Å². The molecule has 2 heterocycles. The Labute approximate surface area is 218 Å². The zero-order valence-corrected chi connectivity index (χ0v) is 21.5. The van der Waals surface area contributed by atoms with E-state index in [0.717, 1.165) is 0 Å². The largest absolute Gasteiger partial charge is 0.506 e. The number of hydroxylamine groups is 1. The highest BCUT2D eigenvalue weighted by Gasteiger charge is 2.48. The molecule has 0 radical (unpaired) electrons. The number of hydrogen-bond donors (Lipinski definition) is 3. The molecule has 1 aromatic carbocycles. The van der Waals surface area contributed by atoms with E-state index < -0.39 is 42.4 Å². The number of amides is 1. The molecule has 1 amide bonds. The van der Waals surface area contributed by atoms with Crippen molar-refractivity contribution in [2.24, 2.45) is 5.16 Å². The Morgan fingerprint density at radius 2 is 2.03 bits per heavy atom. The number of terminal acetylenes is 1. The molecule has 5 atom stereocenters. The average Bonchev–Trinajstić information content (AvgIpc) is 2.88. The van der Waals surface area contributed by atoms with Crippen LogP contribution in [0.2, 0.25) is 0 Å². The lowest BCUT2D eigenvalue weighted by Gasteiger charge is -2.43. The molecular weight excluding hydrogens is 504 g/mol. The second kappa shape index (κ2) is 12.6. The monoisotopic (exact) mass is 534 g/mol. The first-order valence-electron chi connectivity index (χ1n) is 11.6. The van der Waals surface area contributed by atoms with Crippen molar-refractivity contribution in [2.45, 2.75) is 57.9 Å². The van der Waals surface area contributed by atoms with Gasteiger partial charge in [-0.25, -0.2) is 9.59 Å². The molecule has 0 aliphatic carbocycles. The van der Waals surface area contributed by atoms with Crippen LogP contribution < -0.4 is 15.8 Å². The molecule has 0 saturated carbocycles. The van der Waals surface area contributed by atoms with Crippen LogP contribution in [0.4, 0.5) is 4.79 Å². The molecule has 38 heavy (non-hydrogen) atoms. The first kappa shape index (κ1) is 28.7. The number of carbonyl (C=O) groups excluding carboxylic acids is 1. The summed E-state index contributed by atoms with van der Waals surface area (Å²) in [6.07, 6.45) is -0.922. The molecular formula is C25H30N2O11. The van der Waals surface area contributed by atoms with Crippen molar-refractivity contribution in [2.75, 3.05) is 20.8 Å². The fraction of sp³-hybridized carbons (Fsp3) is 0.480. The minimum atomic E-state index is -1.49. The normalized spacial score (nSPS) is 23.5. The lowest BCUT2D eigenvalue weighted by molar-refractivity contribution is -0.276. The molecule has 0 bridgehead atoms. The summed E-state index contributed by atoms with van der Waals surface area (Å²) in [5.74, 6) is 2.04. The van der Waals surface area contributed by atoms with Crippen molar-refractivity contribution in [1.29, 1.82) is 0 Å². The Hall–Kier alpha value is -3.83. The molecule has 3 rings (SSSR count). The minimum absolute atomic E-state index is 0.0592. The number of aromatic hydroxyl groups is 1. The van der Waals surface area contributed by atoms with Crippen LogP contribution in [0.1, 0.15) is 31.4 Å². The van der Waals surface area contributed by atoms with Gasteiger partial charge in [-0.15, -0.1) is 6.42 Å². The molecule has 1 aliphatic rings. The number of oxime groups is 1. The van der Waals surface area contributed by atoms with E-state index in [2.05, 4.69) is 15.9 Å². The highest BCUT2D eigenvalue weighted by molar-refractivity contribution is 6.04. The number of nitrogens with one attached hydrogen (secondary N) is 1. The lowest BCUT2D eigenvalue weighted by atomic mass is 9.96. The molecule has 2 aromatic rings. The summed E-state index contributed by atoms with van der Waals surface area (Å²) in [7, 11) is 2.70. The Bertz CT molecular complexity index is 1280. The highest BCUT2D eigenvalue weighted by Crippen LogP contribution is 2.36. The van der Waals surface area contributed by atoms with E-state index in [-0.39, 0.29) is 40.4 Å². The topological polar surface area (TPSA) is 168 Å². The summed E-state index contributed by atoms with van der Waals surface area (Å²) < 4.78 is 28.1. The number of aliphatic hydroxyl groups excluding tert-OH is 1. The van der Waals surface area contributed by atoms with Crippen molar-refractivity contribution >= 4 is 22.8 Å². The predicted molar refractivity (Wildman–Crippen MR) is 133 cm³/mol. The second-order valence-electron chi connectivity index (χ2n) is 8.26. The summed E-state index contributed by atoms with van der Waals surface area (Å²) in [4.78, 5) is 34.2. The van der Waals surface area contributed by atoms with Gasteiger partial charge in [-0.2, -0.15) is 5.48 Å². The van der Waals surface area contributed by atoms with Crippen LogP contribution in [-0.2, 0) is 23.9 Å². The van der Waals surface area contributed by atoms with Gasteiger partial charge in [-0.1, -0.05) is 18.0 Å². The van der Waals surface area contributed by atoms with Crippen LogP contribution in [0, 0.1) is 19.3 Å². The summed E-state index contributed by atoms with van der Waals surface area (Å²) >= 11 is 0. The van der Waals surface area contributed by atoms with Gasteiger partial charge in [-0.3, -0.25) is 4.84 Å². The summed E-state index contributed by atoms with van der Waals surface area (Å²) in [6.45, 7) is 4.73. The van der Waals surface area contributed by atoms with E-state index in [9.17, 15) is 19.8 Å². The minimum Gasteiger partial charge on any atom is -0.506 e. The number of benzene rings is 1. The maximum absolute atomic E-state index is 12.6. The van der Waals surface area contributed by atoms with Crippen molar-refractivity contribution in [1.82, 2.24) is 5.48 Å². The first-order chi connectivity index (χ1) is 18.2. The van der Waals surface area contributed by atoms with E-state index >= 15 is 0 Å². The van der Waals surface area contributed by atoms with E-state index in [1.807, 2.05) is 12.4 Å². The molecule has 0 spiro atoms. The fourth-order valence-corrected chi connectivity index (χ4v) is 4.15. The Morgan fingerprint density at radius 3 is 2.66 bits per heavy atom. The van der Waals surface area contributed by atoms with Gasteiger partial charge in [0.2, 0.25) is 6.29 Å². The van der Waals surface area contributed by atoms with Crippen LogP contribution in [0.15, 0.2) is 26.5 Å². The summed E-state index contributed by atoms with van der Waals surface area (Å²) in [6, 6.07) is 2.99. The van der Waals surface area contributed by atoms with E-state index in [1.165, 1.54) is 33.3 Å². The van der Waals surface area contributed by atoms with Crippen LogP contribution in [0.5, 0.6) is 11.5 Å². The third-order valence-corrected chi connectivity index (χ3v) is 5.92. The van der Waals surface area contributed by atoms with Crippen LogP contribution >= 0.6 is 0 Å². The van der Waals surface area contributed by atoms with Crippen molar-refractivity contribution in [3.05, 3.63) is 33.7 Å². The number of rotatable bonds is 9. The maximum atomic E-state index is 12.6. The molecule has 13 nitrogen and oxygen atoms in total. The summed E-state index contributed by atoms with van der Waals surface area (Å²) in [5.41, 5.74) is 1.59. The molecule has 1 fully saturated rings. The van der Waals surface area contributed by atoms with Crippen molar-refractivity contribution in [3.8, 4) is 23.8 Å². The lowest BCUT2D eigenvalue weighted by Crippen LogP contribution is -2.61. The van der Waals surface area contributed by atoms with Gasteiger partial charge in [0.15, 0.2) is 12.2 Å². The fourth-order valence-electron chi connectivity index (χ4n) is 4.15. The van der Waals surface area contributed by atoms with E-state index in [4.69, 9.17) is 34.6 Å². The SMILES string of the molecule is C#CCONC(=O)O[C@@H]1[C@@H](OC)[C@H](CC)OC(Oc2ccc3c(O)c(/C(C)=N/OC)c(=O)oc3c2C)[C@@H]1O. The van der Waals surface area contributed by atoms with Crippen molar-refractivity contribution < 1.29 is 48.0 Å². The first-order valence-corrected chi connectivity index (χ1v) is 11.6. The maximum Gasteiger partial charge on any atom is 0.431 e. The number of nitrogens with zero attached hydrogens (tertiary/aromatic N) is 1. The number of aryl methyl sites for hydroxylation is 1. The number of carbonyl (C=O) groups is 1. The molecule has 1 saturated heterocycles. The Kier molecular flexibility index (Phi) is 9.54.